The zero-order chi connectivity index (χ0) is 22.2. The van der Waals surface area contributed by atoms with E-state index in [1.54, 1.807) is 7.11 Å². The Balaban J connectivity index is 1.81. The largest absolute Gasteiger partial charge is 0.496 e. The van der Waals surface area contributed by atoms with Gasteiger partial charge in [0.05, 0.1) is 25.3 Å². The number of carbonyl (C=O) groups excluding carboxylic acids is 1. The van der Waals surface area contributed by atoms with Crippen molar-refractivity contribution in [3.63, 3.8) is 0 Å². The molecule has 1 unspecified atom stereocenters. The van der Waals surface area contributed by atoms with E-state index in [1.807, 2.05) is 37.4 Å². The van der Waals surface area contributed by atoms with E-state index in [0.717, 1.165) is 48.2 Å². The van der Waals surface area contributed by atoms with Crippen LogP contribution in [0.3, 0.4) is 0 Å². The van der Waals surface area contributed by atoms with E-state index in [1.165, 1.54) is 5.56 Å². The number of hydrogen-bond acceptors (Lipinski definition) is 5. The van der Waals surface area contributed by atoms with Gasteiger partial charge in [-0.1, -0.05) is 18.2 Å². The van der Waals surface area contributed by atoms with E-state index in [9.17, 15) is 4.79 Å². The number of nitrogens with one attached hydrogen (secondary N) is 2. The van der Waals surface area contributed by atoms with E-state index in [-0.39, 0.29) is 11.9 Å². The van der Waals surface area contributed by atoms with Gasteiger partial charge >= 0.3 is 0 Å². The first-order chi connectivity index (χ1) is 15.0. The molecule has 0 radical (unpaired) electrons. The normalized spacial score (nSPS) is 16.3. The maximum Gasteiger partial charge on any atom is 0.255 e. The highest BCUT2D eigenvalue weighted by Crippen LogP contribution is 2.31. The van der Waals surface area contributed by atoms with Crippen LogP contribution in [0.15, 0.2) is 42.6 Å². The third kappa shape index (κ3) is 5.87. The van der Waals surface area contributed by atoms with Crippen LogP contribution in [0, 0.1) is 13.8 Å². The van der Waals surface area contributed by atoms with Gasteiger partial charge in [-0.25, -0.2) is 0 Å². The summed E-state index contributed by atoms with van der Waals surface area (Å²) in [5.74, 6) is 0.532. The minimum absolute atomic E-state index is 0.0457. The molecule has 1 saturated heterocycles. The van der Waals surface area contributed by atoms with Crippen LogP contribution in [0.2, 0.25) is 0 Å². The van der Waals surface area contributed by atoms with E-state index in [0.29, 0.717) is 24.5 Å². The summed E-state index contributed by atoms with van der Waals surface area (Å²) in [6, 6.07) is 10.3. The van der Waals surface area contributed by atoms with Crippen LogP contribution in [0.5, 0.6) is 5.75 Å². The van der Waals surface area contributed by atoms with Crippen molar-refractivity contribution in [2.24, 2.45) is 5.73 Å². The Labute approximate surface area is 184 Å². The van der Waals surface area contributed by atoms with Crippen LogP contribution in [-0.4, -0.2) is 38.8 Å². The lowest BCUT2D eigenvalue weighted by atomic mass is 9.93. The van der Waals surface area contributed by atoms with Gasteiger partial charge in [0.2, 0.25) is 0 Å². The van der Waals surface area contributed by atoms with Crippen LogP contribution in [0.25, 0.3) is 0 Å². The molecule has 31 heavy (non-hydrogen) atoms. The first-order valence-corrected chi connectivity index (χ1v) is 10.8. The zero-order valence-electron chi connectivity index (χ0n) is 18.7. The summed E-state index contributed by atoms with van der Waals surface area (Å²) in [7, 11) is 1.62. The molecule has 0 spiro atoms. The Hall–Kier alpha value is -2.83. The van der Waals surface area contributed by atoms with Gasteiger partial charge in [0, 0.05) is 18.8 Å². The first kappa shape index (κ1) is 22.8. The number of carbonyl (C=O) groups is 1. The maximum atomic E-state index is 13.1. The maximum absolute atomic E-state index is 13.1. The van der Waals surface area contributed by atoms with Gasteiger partial charge < -0.3 is 25.8 Å². The Bertz CT molecular complexity index is 917. The number of amides is 1. The van der Waals surface area contributed by atoms with Gasteiger partial charge in [0.15, 0.2) is 0 Å². The lowest BCUT2D eigenvalue weighted by molar-refractivity contribution is 0.0623. The Kier molecular flexibility index (Phi) is 8.09. The molecule has 2 aromatic carbocycles. The monoisotopic (exact) mass is 423 g/mol. The molecule has 1 fully saturated rings. The van der Waals surface area contributed by atoms with Crippen molar-refractivity contribution in [1.29, 1.82) is 0 Å². The quantitative estimate of drug-likeness (QED) is 0.603. The van der Waals surface area contributed by atoms with Gasteiger partial charge in [-0.15, -0.1) is 0 Å². The molecule has 1 heterocycles. The Morgan fingerprint density at radius 1 is 1.26 bits per heavy atom. The average molecular weight is 424 g/mol. The fourth-order valence-electron chi connectivity index (χ4n) is 3.86. The smallest absolute Gasteiger partial charge is 0.255 e. The summed E-state index contributed by atoms with van der Waals surface area (Å²) in [6.07, 6.45) is 6.35. The molecule has 0 saturated carbocycles. The van der Waals surface area contributed by atoms with Gasteiger partial charge in [-0.2, -0.15) is 0 Å². The highest BCUT2D eigenvalue weighted by atomic mass is 16.5. The number of anilines is 1. The second-order valence-corrected chi connectivity index (χ2v) is 7.91. The second-order valence-electron chi connectivity index (χ2n) is 7.91. The van der Waals surface area contributed by atoms with Crippen LogP contribution in [0.4, 0.5) is 5.69 Å². The molecule has 6 nitrogen and oxygen atoms in total. The molecule has 3 rings (SSSR count). The molecular weight excluding hydrogens is 390 g/mol. The van der Waals surface area contributed by atoms with Gasteiger partial charge in [-0.05, 0) is 79.8 Å². The van der Waals surface area contributed by atoms with Crippen LogP contribution in [0.1, 0.15) is 45.5 Å². The van der Waals surface area contributed by atoms with Crippen LogP contribution in [-0.2, 0) is 11.2 Å². The minimum Gasteiger partial charge on any atom is -0.496 e. The van der Waals surface area contributed by atoms with Crippen molar-refractivity contribution in [3.8, 4) is 5.75 Å². The van der Waals surface area contributed by atoms with Crippen molar-refractivity contribution >= 4 is 11.6 Å². The first-order valence-electron chi connectivity index (χ1n) is 10.8. The molecule has 0 bridgehead atoms. The van der Waals surface area contributed by atoms with E-state index >= 15 is 0 Å². The molecule has 6 heteroatoms. The number of ether oxygens (including phenoxy) is 2. The fraction of sp³-hybridized carbons (Fsp3) is 0.400. The SMILES string of the molecule is COc1c(C(=O)NC2CCCOC2)cc(Cc2ccc(N/C=C\CN)cc2)c(C)c1C. The topological polar surface area (TPSA) is 85.6 Å². The molecule has 1 atom stereocenters. The summed E-state index contributed by atoms with van der Waals surface area (Å²) >= 11 is 0. The van der Waals surface area contributed by atoms with Gasteiger partial charge in [0.25, 0.3) is 5.91 Å². The summed E-state index contributed by atoms with van der Waals surface area (Å²) in [6.45, 7) is 5.92. The third-order valence-corrected chi connectivity index (χ3v) is 5.74. The molecule has 1 aliphatic heterocycles. The molecule has 4 N–H and O–H groups in total. The predicted octanol–water partition coefficient (Wildman–Crippen LogP) is 3.70. The Morgan fingerprint density at radius 3 is 2.68 bits per heavy atom. The number of nitrogens with two attached hydrogens (primary N) is 1. The summed E-state index contributed by atoms with van der Waals surface area (Å²) in [5.41, 5.74) is 11.5. The van der Waals surface area contributed by atoms with E-state index in [2.05, 4.69) is 29.7 Å². The summed E-state index contributed by atoms with van der Waals surface area (Å²) in [4.78, 5) is 13.1. The summed E-state index contributed by atoms with van der Waals surface area (Å²) in [5, 5.41) is 6.31. The molecule has 166 valence electrons. The molecule has 1 amide bonds. The Morgan fingerprint density at radius 2 is 2.03 bits per heavy atom. The second kappa shape index (κ2) is 11.0. The third-order valence-electron chi connectivity index (χ3n) is 5.74. The number of rotatable bonds is 8. The average Bonchev–Trinajstić information content (AvgIpc) is 2.78. The highest BCUT2D eigenvalue weighted by molar-refractivity contribution is 5.98. The molecular formula is C25H33N3O3. The van der Waals surface area contributed by atoms with Crippen molar-refractivity contribution in [2.75, 3.05) is 32.2 Å². The number of benzene rings is 2. The standard InChI is InChI=1S/C25H33N3O3/c1-17-18(2)24(30-3)23(25(29)28-22-6-4-13-31-16-22)15-20(17)14-19-7-9-21(10-8-19)27-12-5-11-26/h5,7-10,12,15,22,27H,4,6,11,13-14,16,26H2,1-3H3,(H,28,29)/b12-5-. The van der Waals surface area contributed by atoms with E-state index < -0.39 is 0 Å². The number of methoxy groups -OCH3 is 1. The highest BCUT2D eigenvalue weighted by Gasteiger charge is 2.22. The zero-order valence-corrected chi connectivity index (χ0v) is 18.7. The lowest BCUT2D eigenvalue weighted by Crippen LogP contribution is -2.40. The van der Waals surface area contributed by atoms with Crippen molar-refractivity contribution in [3.05, 3.63) is 70.4 Å². The fourth-order valence-corrected chi connectivity index (χ4v) is 3.86. The van der Waals surface area contributed by atoms with Crippen LogP contribution >= 0.6 is 0 Å². The predicted molar refractivity (Wildman–Crippen MR) is 125 cm³/mol. The molecule has 1 aliphatic rings. The molecule has 2 aromatic rings. The molecule has 0 aliphatic carbocycles. The van der Waals surface area contributed by atoms with Gasteiger partial charge in [-0.3, -0.25) is 4.79 Å². The van der Waals surface area contributed by atoms with Crippen LogP contribution < -0.4 is 21.1 Å². The summed E-state index contributed by atoms with van der Waals surface area (Å²) < 4.78 is 11.1. The minimum atomic E-state index is -0.108. The number of hydrogen-bond donors (Lipinski definition) is 3. The van der Waals surface area contributed by atoms with Crippen molar-refractivity contribution in [2.45, 2.75) is 39.2 Å². The lowest BCUT2D eigenvalue weighted by Gasteiger charge is -2.24. The van der Waals surface area contributed by atoms with E-state index in [4.69, 9.17) is 15.2 Å². The molecule has 0 aromatic heterocycles. The van der Waals surface area contributed by atoms with Crippen molar-refractivity contribution < 1.29 is 14.3 Å². The van der Waals surface area contributed by atoms with Gasteiger partial charge in [0.1, 0.15) is 5.75 Å². The van der Waals surface area contributed by atoms with Crippen molar-refractivity contribution in [1.82, 2.24) is 5.32 Å².